The van der Waals surface area contributed by atoms with E-state index in [0.29, 0.717) is 5.92 Å². The third-order valence-corrected chi connectivity index (χ3v) is 5.24. The summed E-state index contributed by atoms with van der Waals surface area (Å²) in [5, 5.41) is 9.22. The first-order valence-electron chi connectivity index (χ1n) is 7.13. The Morgan fingerprint density at radius 2 is 1.74 bits per heavy atom. The van der Waals surface area contributed by atoms with Gasteiger partial charge in [-0.3, -0.25) is 4.79 Å². The summed E-state index contributed by atoms with van der Waals surface area (Å²) in [5.41, 5.74) is 1.21. The molecule has 0 spiro atoms. The minimum absolute atomic E-state index is 0.291. The topological polar surface area (TPSA) is 37.3 Å². The van der Waals surface area contributed by atoms with Gasteiger partial charge in [-0.25, -0.2) is 0 Å². The molecule has 2 rings (SSSR count). The van der Waals surface area contributed by atoms with Crippen LogP contribution in [0.25, 0.3) is 0 Å². The molecule has 1 aliphatic rings. The van der Waals surface area contributed by atoms with Crippen LogP contribution in [0.5, 0.6) is 0 Å². The van der Waals surface area contributed by atoms with E-state index in [0.717, 1.165) is 17.7 Å². The lowest BCUT2D eigenvalue weighted by Gasteiger charge is -2.22. The smallest absolute Gasteiger partial charge is 0.317 e. The lowest BCUT2D eigenvalue weighted by molar-refractivity contribution is -0.137. The Morgan fingerprint density at radius 1 is 1.16 bits per heavy atom. The van der Waals surface area contributed by atoms with Gasteiger partial charge in [0.05, 0.1) is 0 Å². The van der Waals surface area contributed by atoms with Crippen LogP contribution in [0.15, 0.2) is 29.2 Å². The van der Waals surface area contributed by atoms with E-state index in [1.165, 1.54) is 43.0 Å². The quantitative estimate of drug-likeness (QED) is 0.650. The Morgan fingerprint density at radius 3 is 2.26 bits per heavy atom. The molecular formula is C16H22O2S. The van der Waals surface area contributed by atoms with Gasteiger partial charge in [-0.05, 0) is 37.8 Å². The van der Waals surface area contributed by atoms with E-state index in [1.807, 2.05) is 24.3 Å². The van der Waals surface area contributed by atoms with Crippen LogP contribution in [0, 0.1) is 12.8 Å². The van der Waals surface area contributed by atoms with Gasteiger partial charge in [0.2, 0.25) is 0 Å². The van der Waals surface area contributed by atoms with Gasteiger partial charge < -0.3 is 5.11 Å². The maximum Gasteiger partial charge on any atom is 0.317 e. The number of aryl methyl sites for hydroxylation is 1. The Balaban J connectivity index is 2.06. The second-order valence-electron chi connectivity index (χ2n) is 5.44. The van der Waals surface area contributed by atoms with Crippen LogP contribution in [-0.4, -0.2) is 16.3 Å². The summed E-state index contributed by atoms with van der Waals surface area (Å²) in [6.45, 7) is 2.05. The first-order valence-corrected chi connectivity index (χ1v) is 8.01. The molecule has 104 valence electrons. The van der Waals surface area contributed by atoms with Crippen molar-refractivity contribution < 1.29 is 9.90 Å². The van der Waals surface area contributed by atoms with Gasteiger partial charge in [0.1, 0.15) is 5.25 Å². The predicted molar refractivity (Wildman–Crippen MR) is 79.7 cm³/mol. The molecule has 1 unspecified atom stereocenters. The Kier molecular flexibility index (Phi) is 5.32. The summed E-state index contributed by atoms with van der Waals surface area (Å²) in [4.78, 5) is 12.6. The number of rotatable bonds is 4. The molecule has 19 heavy (non-hydrogen) atoms. The van der Waals surface area contributed by atoms with E-state index in [9.17, 15) is 9.90 Å². The second kappa shape index (κ2) is 6.99. The lowest BCUT2D eigenvalue weighted by Crippen LogP contribution is -2.26. The van der Waals surface area contributed by atoms with Crippen LogP contribution in [-0.2, 0) is 4.79 Å². The van der Waals surface area contributed by atoms with Crippen LogP contribution in [0.4, 0.5) is 0 Å². The lowest BCUT2D eigenvalue weighted by atomic mass is 9.96. The van der Waals surface area contributed by atoms with Gasteiger partial charge in [-0.2, -0.15) is 0 Å². The number of carbonyl (C=O) groups is 1. The number of benzene rings is 1. The number of aliphatic carboxylic acids is 1. The molecule has 1 saturated carbocycles. The minimum Gasteiger partial charge on any atom is -0.480 e. The molecule has 1 aromatic carbocycles. The third-order valence-electron chi connectivity index (χ3n) is 3.86. The van der Waals surface area contributed by atoms with E-state index < -0.39 is 5.97 Å². The molecule has 1 aliphatic carbocycles. The SMILES string of the molecule is Cc1ccc(SC(C(=O)O)C2CCCCCC2)cc1. The van der Waals surface area contributed by atoms with Crippen molar-refractivity contribution in [2.24, 2.45) is 5.92 Å². The fourth-order valence-corrected chi connectivity index (χ4v) is 3.88. The number of thioether (sulfide) groups is 1. The fraction of sp³-hybridized carbons (Fsp3) is 0.562. The van der Waals surface area contributed by atoms with Gasteiger partial charge in [0.15, 0.2) is 0 Å². The highest BCUT2D eigenvalue weighted by Crippen LogP contribution is 2.35. The number of carboxylic acids is 1. The highest BCUT2D eigenvalue weighted by atomic mass is 32.2. The zero-order valence-electron chi connectivity index (χ0n) is 11.5. The minimum atomic E-state index is -0.655. The van der Waals surface area contributed by atoms with Crippen molar-refractivity contribution in [3.8, 4) is 0 Å². The van der Waals surface area contributed by atoms with E-state index in [-0.39, 0.29) is 5.25 Å². The summed E-state index contributed by atoms with van der Waals surface area (Å²) in [6, 6.07) is 8.17. The molecule has 3 heteroatoms. The van der Waals surface area contributed by atoms with Gasteiger partial charge in [0.25, 0.3) is 0 Å². The molecule has 1 N–H and O–H groups in total. The van der Waals surface area contributed by atoms with Gasteiger partial charge in [-0.1, -0.05) is 43.4 Å². The molecular weight excluding hydrogens is 256 g/mol. The monoisotopic (exact) mass is 278 g/mol. The maximum absolute atomic E-state index is 11.6. The zero-order chi connectivity index (χ0) is 13.7. The van der Waals surface area contributed by atoms with Gasteiger partial charge >= 0.3 is 5.97 Å². The first-order chi connectivity index (χ1) is 9.16. The van der Waals surface area contributed by atoms with Crippen molar-refractivity contribution in [2.45, 2.75) is 55.6 Å². The van der Waals surface area contributed by atoms with Crippen molar-refractivity contribution >= 4 is 17.7 Å². The predicted octanol–water partition coefficient (Wildman–Crippen LogP) is 4.51. The molecule has 1 aromatic rings. The van der Waals surface area contributed by atoms with E-state index >= 15 is 0 Å². The van der Waals surface area contributed by atoms with Crippen LogP contribution in [0.2, 0.25) is 0 Å². The Labute approximate surface area is 119 Å². The summed E-state index contributed by atoms with van der Waals surface area (Å²) < 4.78 is 0. The maximum atomic E-state index is 11.6. The average Bonchev–Trinajstić information content (AvgIpc) is 2.66. The largest absolute Gasteiger partial charge is 0.480 e. The molecule has 0 bridgehead atoms. The van der Waals surface area contributed by atoms with Crippen LogP contribution < -0.4 is 0 Å². The first kappa shape index (κ1) is 14.4. The zero-order valence-corrected chi connectivity index (χ0v) is 12.3. The Bertz CT molecular complexity index is 405. The molecule has 1 fully saturated rings. The van der Waals surface area contributed by atoms with Gasteiger partial charge in [0, 0.05) is 4.90 Å². The molecule has 0 saturated heterocycles. The van der Waals surface area contributed by atoms with Gasteiger partial charge in [-0.15, -0.1) is 11.8 Å². The van der Waals surface area contributed by atoms with E-state index in [4.69, 9.17) is 0 Å². The third kappa shape index (κ3) is 4.27. The van der Waals surface area contributed by atoms with E-state index in [2.05, 4.69) is 6.92 Å². The Hall–Kier alpha value is -0.960. The molecule has 0 amide bonds. The average molecular weight is 278 g/mol. The molecule has 1 atom stereocenters. The number of hydrogen-bond donors (Lipinski definition) is 1. The highest BCUT2D eigenvalue weighted by molar-refractivity contribution is 8.00. The molecule has 2 nitrogen and oxygen atoms in total. The summed E-state index contributed by atoms with van der Waals surface area (Å²) in [6.07, 6.45) is 7.02. The molecule has 0 aliphatic heterocycles. The van der Waals surface area contributed by atoms with Crippen molar-refractivity contribution in [1.82, 2.24) is 0 Å². The van der Waals surface area contributed by atoms with Crippen molar-refractivity contribution in [3.63, 3.8) is 0 Å². The van der Waals surface area contributed by atoms with Crippen LogP contribution in [0.1, 0.15) is 44.1 Å². The normalized spacial score (nSPS) is 18.8. The second-order valence-corrected chi connectivity index (χ2v) is 6.66. The molecule has 0 heterocycles. The summed E-state index contributed by atoms with van der Waals surface area (Å²) >= 11 is 1.52. The summed E-state index contributed by atoms with van der Waals surface area (Å²) in [7, 11) is 0. The molecule has 0 radical (unpaired) electrons. The standard InChI is InChI=1S/C16H22O2S/c1-12-8-10-14(11-9-12)19-15(16(17)18)13-6-4-2-3-5-7-13/h8-11,13,15H,2-7H2,1H3,(H,17,18). The van der Waals surface area contributed by atoms with Crippen molar-refractivity contribution in [3.05, 3.63) is 29.8 Å². The summed E-state index contributed by atoms with van der Waals surface area (Å²) in [5.74, 6) is -0.330. The van der Waals surface area contributed by atoms with Crippen LogP contribution >= 0.6 is 11.8 Å². The molecule has 0 aromatic heterocycles. The number of carboxylic acid groups (broad SMARTS) is 1. The van der Waals surface area contributed by atoms with Crippen molar-refractivity contribution in [1.29, 1.82) is 0 Å². The van der Waals surface area contributed by atoms with Crippen molar-refractivity contribution in [2.75, 3.05) is 0 Å². The number of hydrogen-bond acceptors (Lipinski definition) is 2. The highest BCUT2D eigenvalue weighted by Gasteiger charge is 2.29. The van der Waals surface area contributed by atoms with E-state index in [1.54, 1.807) is 0 Å². The van der Waals surface area contributed by atoms with Crippen LogP contribution in [0.3, 0.4) is 0 Å². The fourth-order valence-electron chi connectivity index (χ4n) is 2.73.